The lowest BCUT2D eigenvalue weighted by molar-refractivity contribution is -0.137. The molecule has 1 N–H and O–H groups in total. The molecule has 19 heavy (non-hydrogen) atoms. The Hall–Kier alpha value is -1.82. The predicted molar refractivity (Wildman–Crippen MR) is 64.6 cm³/mol. The van der Waals surface area contributed by atoms with Crippen LogP contribution in [0.1, 0.15) is 11.3 Å². The minimum absolute atomic E-state index is 0.460. The van der Waals surface area contributed by atoms with Gasteiger partial charge in [-0.05, 0) is 24.7 Å². The number of hydrogen-bond acceptors (Lipinski definition) is 3. The highest BCUT2D eigenvalue weighted by Crippen LogP contribution is 2.33. The van der Waals surface area contributed by atoms with Crippen LogP contribution in [0.4, 0.5) is 13.2 Å². The number of rotatable bonds is 4. The van der Waals surface area contributed by atoms with Crippen LogP contribution in [0.5, 0.6) is 0 Å². The van der Waals surface area contributed by atoms with Crippen LogP contribution in [0.25, 0.3) is 11.1 Å². The molecule has 0 spiro atoms. The summed E-state index contributed by atoms with van der Waals surface area (Å²) in [6, 6.07) is 5.15. The molecule has 0 aliphatic rings. The van der Waals surface area contributed by atoms with E-state index in [0.717, 1.165) is 12.1 Å². The van der Waals surface area contributed by atoms with Crippen molar-refractivity contribution in [3.8, 4) is 11.1 Å². The lowest BCUT2D eigenvalue weighted by Crippen LogP contribution is -2.11. The zero-order valence-corrected chi connectivity index (χ0v) is 10.3. The van der Waals surface area contributed by atoms with Crippen molar-refractivity contribution >= 4 is 0 Å². The van der Waals surface area contributed by atoms with Gasteiger partial charge in [-0.25, -0.2) is 0 Å². The van der Waals surface area contributed by atoms with Gasteiger partial charge in [0.05, 0.1) is 11.3 Å². The molecule has 0 aliphatic carbocycles. The summed E-state index contributed by atoms with van der Waals surface area (Å²) in [6.07, 6.45) is -2.38. The summed E-state index contributed by atoms with van der Waals surface area (Å²) in [6.45, 7) is 0.679. The second kappa shape index (κ2) is 5.44. The topological polar surface area (TPSA) is 38.1 Å². The van der Waals surface area contributed by atoms with Gasteiger partial charge in [-0.2, -0.15) is 13.2 Å². The summed E-state index contributed by atoms with van der Waals surface area (Å²) < 4.78 is 42.9. The number of aromatic nitrogens is 1. The van der Waals surface area contributed by atoms with Gasteiger partial charge in [0, 0.05) is 18.5 Å². The van der Waals surface area contributed by atoms with Crippen LogP contribution in [0.15, 0.2) is 35.1 Å². The molecule has 1 aromatic heterocycles. The molecule has 0 saturated carbocycles. The first-order valence-electron chi connectivity index (χ1n) is 5.78. The molecule has 0 fully saturated rings. The predicted octanol–water partition coefficient (Wildman–Crippen LogP) is 3.12. The fraction of sp³-hybridized carbons (Fsp3) is 0.308. The fourth-order valence-corrected chi connectivity index (χ4v) is 1.78. The van der Waals surface area contributed by atoms with Crippen LogP contribution in [0, 0.1) is 0 Å². The molecule has 0 bridgehead atoms. The fourth-order valence-electron chi connectivity index (χ4n) is 1.78. The molecule has 1 aromatic carbocycles. The van der Waals surface area contributed by atoms with Gasteiger partial charge in [-0.1, -0.05) is 17.3 Å². The zero-order valence-electron chi connectivity index (χ0n) is 10.3. The van der Waals surface area contributed by atoms with Gasteiger partial charge in [0.15, 0.2) is 0 Å². The van der Waals surface area contributed by atoms with Gasteiger partial charge in [0.2, 0.25) is 0 Å². The molecule has 0 amide bonds. The van der Waals surface area contributed by atoms with Crippen LogP contribution in [0.3, 0.4) is 0 Å². The van der Waals surface area contributed by atoms with E-state index in [0.29, 0.717) is 29.8 Å². The maximum Gasteiger partial charge on any atom is 0.416 e. The van der Waals surface area contributed by atoms with Crippen molar-refractivity contribution in [3.05, 3.63) is 41.8 Å². The lowest BCUT2D eigenvalue weighted by Gasteiger charge is -2.08. The summed E-state index contributed by atoms with van der Waals surface area (Å²) in [5.41, 5.74) is 1.03. The molecule has 0 aliphatic heterocycles. The van der Waals surface area contributed by atoms with E-state index in [1.54, 1.807) is 13.1 Å². The molecule has 1 heterocycles. The Labute approximate surface area is 108 Å². The first kappa shape index (κ1) is 13.6. The standard InChI is InChI=1S/C13H13F3N2O/c1-17-6-5-12-11(8-19-18-12)9-3-2-4-10(7-9)13(14,15)16/h2-4,7-8,17H,5-6H2,1H3. The highest BCUT2D eigenvalue weighted by atomic mass is 19.4. The van der Waals surface area contributed by atoms with Crippen molar-refractivity contribution in [2.24, 2.45) is 0 Å². The summed E-state index contributed by atoms with van der Waals surface area (Å²) in [5.74, 6) is 0. The third kappa shape index (κ3) is 3.14. The highest BCUT2D eigenvalue weighted by molar-refractivity contribution is 5.65. The Kier molecular flexibility index (Phi) is 3.90. The van der Waals surface area contributed by atoms with Crippen molar-refractivity contribution in [1.82, 2.24) is 10.5 Å². The van der Waals surface area contributed by atoms with E-state index in [9.17, 15) is 13.2 Å². The van der Waals surface area contributed by atoms with Crippen LogP contribution >= 0.6 is 0 Å². The minimum atomic E-state index is -4.35. The number of nitrogens with one attached hydrogen (secondary N) is 1. The van der Waals surface area contributed by atoms with E-state index in [1.807, 2.05) is 0 Å². The van der Waals surface area contributed by atoms with Crippen molar-refractivity contribution < 1.29 is 17.7 Å². The molecular formula is C13H13F3N2O. The van der Waals surface area contributed by atoms with Crippen LogP contribution in [-0.2, 0) is 12.6 Å². The SMILES string of the molecule is CNCCc1nocc1-c1cccc(C(F)(F)F)c1. The number of alkyl halides is 3. The van der Waals surface area contributed by atoms with Gasteiger partial charge in [-0.15, -0.1) is 0 Å². The molecule has 3 nitrogen and oxygen atoms in total. The molecule has 6 heteroatoms. The molecule has 0 atom stereocenters. The molecule has 2 rings (SSSR count). The average Bonchev–Trinajstić information content (AvgIpc) is 2.83. The van der Waals surface area contributed by atoms with E-state index in [4.69, 9.17) is 4.52 Å². The zero-order chi connectivity index (χ0) is 13.9. The Morgan fingerprint density at radius 2 is 2.11 bits per heavy atom. The molecule has 0 unspecified atom stereocenters. The molecule has 0 radical (unpaired) electrons. The number of benzene rings is 1. The van der Waals surface area contributed by atoms with E-state index >= 15 is 0 Å². The maximum absolute atomic E-state index is 12.7. The van der Waals surface area contributed by atoms with E-state index in [-0.39, 0.29) is 0 Å². The first-order valence-corrected chi connectivity index (χ1v) is 5.78. The maximum atomic E-state index is 12.7. The van der Waals surface area contributed by atoms with E-state index in [1.165, 1.54) is 12.3 Å². The van der Waals surface area contributed by atoms with Crippen molar-refractivity contribution in [2.75, 3.05) is 13.6 Å². The monoisotopic (exact) mass is 270 g/mol. The normalized spacial score (nSPS) is 11.8. The summed E-state index contributed by atoms with van der Waals surface area (Å²) in [7, 11) is 1.80. The quantitative estimate of drug-likeness (QED) is 0.927. The van der Waals surface area contributed by atoms with E-state index in [2.05, 4.69) is 10.5 Å². The first-order chi connectivity index (χ1) is 9.02. The lowest BCUT2D eigenvalue weighted by atomic mass is 10.0. The highest BCUT2D eigenvalue weighted by Gasteiger charge is 2.30. The molecular weight excluding hydrogens is 257 g/mol. The summed E-state index contributed by atoms with van der Waals surface area (Å²) in [4.78, 5) is 0. The Morgan fingerprint density at radius 1 is 1.32 bits per heavy atom. The second-order valence-corrected chi connectivity index (χ2v) is 4.11. The molecule has 102 valence electrons. The van der Waals surface area contributed by atoms with E-state index < -0.39 is 11.7 Å². The molecule has 2 aromatic rings. The van der Waals surface area contributed by atoms with Crippen LogP contribution in [-0.4, -0.2) is 18.7 Å². The summed E-state index contributed by atoms with van der Waals surface area (Å²) in [5, 5.41) is 6.78. The van der Waals surface area contributed by atoms with Crippen molar-refractivity contribution in [3.63, 3.8) is 0 Å². The number of hydrogen-bond donors (Lipinski definition) is 1. The number of likely N-dealkylation sites (N-methyl/N-ethyl adjacent to an activating group) is 1. The Morgan fingerprint density at radius 3 is 2.79 bits per heavy atom. The smallest absolute Gasteiger partial charge is 0.364 e. The Balaban J connectivity index is 2.34. The average molecular weight is 270 g/mol. The van der Waals surface area contributed by atoms with Gasteiger partial charge in [0.25, 0.3) is 0 Å². The van der Waals surface area contributed by atoms with Crippen LogP contribution < -0.4 is 5.32 Å². The van der Waals surface area contributed by atoms with Crippen LogP contribution in [0.2, 0.25) is 0 Å². The van der Waals surface area contributed by atoms with Crippen molar-refractivity contribution in [1.29, 1.82) is 0 Å². The summed E-state index contributed by atoms with van der Waals surface area (Å²) >= 11 is 0. The second-order valence-electron chi connectivity index (χ2n) is 4.11. The third-order valence-electron chi connectivity index (χ3n) is 2.76. The van der Waals surface area contributed by atoms with Gasteiger partial charge in [-0.3, -0.25) is 0 Å². The third-order valence-corrected chi connectivity index (χ3v) is 2.76. The number of nitrogens with zero attached hydrogens (tertiary/aromatic N) is 1. The number of halogens is 3. The van der Waals surface area contributed by atoms with Gasteiger partial charge in [0.1, 0.15) is 6.26 Å². The van der Waals surface area contributed by atoms with Gasteiger partial charge >= 0.3 is 6.18 Å². The van der Waals surface area contributed by atoms with Gasteiger partial charge < -0.3 is 9.84 Å². The minimum Gasteiger partial charge on any atom is -0.364 e. The Bertz CT molecular complexity index is 549. The van der Waals surface area contributed by atoms with Crippen molar-refractivity contribution in [2.45, 2.75) is 12.6 Å². The largest absolute Gasteiger partial charge is 0.416 e. The molecule has 0 saturated heterocycles.